The molecule has 2 atom stereocenters. The molecule has 0 aromatic carbocycles. The summed E-state index contributed by atoms with van der Waals surface area (Å²) < 4.78 is 15.3. The second kappa shape index (κ2) is 32.9. The average Bonchev–Trinajstić information content (AvgIpc) is 3.03. The maximum atomic E-state index is 11.6. The highest BCUT2D eigenvalue weighted by Gasteiger charge is 2.28. The molecule has 0 bridgehead atoms. The molecule has 60 heavy (non-hydrogen) atoms. The highest BCUT2D eigenvalue weighted by Crippen LogP contribution is 2.24. The van der Waals surface area contributed by atoms with Gasteiger partial charge in [0, 0.05) is 0 Å². The molecule has 4 N–H and O–H groups in total. The number of rotatable bonds is 16. The number of unbranched alkanes of at least 4 members (excludes halogenated alkanes) is 1. The molecule has 0 heterocycles. The van der Waals surface area contributed by atoms with Crippen molar-refractivity contribution in [2.24, 2.45) is 61.7 Å². The van der Waals surface area contributed by atoms with Crippen molar-refractivity contribution in [1.29, 1.82) is 0 Å². The fourth-order valence-electron chi connectivity index (χ4n) is 5.24. The standard InChI is InChI=1S/C13H27NO2.C12H25NO2.C11H22O2.2C8H18/c1-12(2,3)8-7-9-16-11(15)10(14)13(4,5)6;1-9(2)10(13)11(14)15-8-6-7-12(3,4)5;1-9(2)10(12)13-8-6-7-11(3,4)5;1-7(2)6-8(3,4)5;1-5-6-7-8(2,3)4/h10H,7-9,14H2,1-6H3;9-10H,6-8,13H2,1-5H3;9H,6-8H2,1-5H3;7H,6H2,1-5H3;5-7H2,1-4H3. The Morgan fingerprint density at radius 1 is 0.450 bits per heavy atom. The monoisotopic (exact) mass is 859 g/mol. The zero-order valence-electron chi connectivity index (χ0n) is 45.2. The minimum absolute atomic E-state index is 0.00497. The number of nitrogens with two attached hydrogens (primary N) is 2. The Morgan fingerprint density at radius 3 is 0.950 bits per heavy atom. The molecule has 0 aliphatic rings. The summed E-state index contributed by atoms with van der Waals surface area (Å²) in [7, 11) is 0. The molecule has 364 valence electrons. The van der Waals surface area contributed by atoms with Gasteiger partial charge < -0.3 is 25.7 Å². The molecule has 0 radical (unpaired) electrons. The van der Waals surface area contributed by atoms with Gasteiger partial charge in [-0.1, -0.05) is 186 Å². The second-order valence-corrected chi connectivity index (χ2v) is 25.1. The number of ether oxygens (including phenoxy) is 3. The molecule has 0 aliphatic heterocycles. The lowest BCUT2D eigenvalue weighted by Gasteiger charge is -2.25. The van der Waals surface area contributed by atoms with E-state index in [1.165, 1.54) is 25.7 Å². The maximum absolute atomic E-state index is 11.6. The minimum atomic E-state index is -0.540. The average molecular weight is 859 g/mol. The van der Waals surface area contributed by atoms with Crippen LogP contribution in [0.3, 0.4) is 0 Å². The van der Waals surface area contributed by atoms with Crippen LogP contribution in [0.1, 0.15) is 237 Å². The predicted octanol–water partition coefficient (Wildman–Crippen LogP) is 14.4. The van der Waals surface area contributed by atoms with E-state index in [1.807, 2.05) is 48.5 Å². The van der Waals surface area contributed by atoms with Crippen LogP contribution in [0.2, 0.25) is 0 Å². The number of carbonyl (C=O) groups excluding carboxylic acids is 3. The smallest absolute Gasteiger partial charge is 0.323 e. The molecule has 0 fully saturated rings. The molecule has 0 saturated heterocycles. The van der Waals surface area contributed by atoms with Crippen molar-refractivity contribution in [2.45, 2.75) is 249 Å². The molecular formula is C52H110N2O6. The fraction of sp³-hybridized carbons (Fsp3) is 0.942. The Hall–Kier alpha value is -1.67. The summed E-state index contributed by atoms with van der Waals surface area (Å²) in [4.78, 5) is 34.0. The lowest BCUT2D eigenvalue weighted by atomic mass is 9.86. The van der Waals surface area contributed by atoms with Crippen LogP contribution >= 0.6 is 0 Å². The van der Waals surface area contributed by atoms with Crippen LogP contribution in [0, 0.1) is 50.2 Å². The molecule has 8 nitrogen and oxygen atoms in total. The second-order valence-electron chi connectivity index (χ2n) is 25.1. The van der Waals surface area contributed by atoms with Crippen molar-refractivity contribution in [3.05, 3.63) is 0 Å². The van der Waals surface area contributed by atoms with E-state index in [4.69, 9.17) is 25.7 Å². The zero-order valence-corrected chi connectivity index (χ0v) is 45.2. The summed E-state index contributed by atoms with van der Waals surface area (Å²) in [6.45, 7) is 55.0. The highest BCUT2D eigenvalue weighted by molar-refractivity contribution is 5.76. The largest absolute Gasteiger partial charge is 0.465 e. The van der Waals surface area contributed by atoms with Gasteiger partial charge in [0.2, 0.25) is 0 Å². The first-order valence-corrected chi connectivity index (χ1v) is 23.6. The van der Waals surface area contributed by atoms with E-state index in [9.17, 15) is 14.4 Å². The first-order chi connectivity index (χ1) is 26.6. The normalized spacial score (nSPS) is 13.3. The van der Waals surface area contributed by atoms with Gasteiger partial charge in [0.25, 0.3) is 0 Å². The van der Waals surface area contributed by atoms with E-state index < -0.39 is 12.1 Å². The van der Waals surface area contributed by atoms with Gasteiger partial charge in [0.15, 0.2) is 0 Å². The zero-order chi connectivity index (χ0) is 48.9. The van der Waals surface area contributed by atoms with Gasteiger partial charge in [-0.3, -0.25) is 14.4 Å². The maximum Gasteiger partial charge on any atom is 0.323 e. The van der Waals surface area contributed by atoms with Gasteiger partial charge in [-0.05, 0) is 95.7 Å². The van der Waals surface area contributed by atoms with Gasteiger partial charge in [0.05, 0.1) is 25.7 Å². The quantitative estimate of drug-likeness (QED) is 0.0891. The van der Waals surface area contributed by atoms with Crippen molar-refractivity contribution in [3.8, 4) is 0 Å². The number of hydrogen-bond acceptors (Lipinski definition) is 8. The van der Waals surface area contributed by atoms with Crippen molar-refractivity contribution in [3.63, 3.8) is 0 Å². The Kier molecular flexibility index (Phi) is 37.0. The summed E-state index contributed by atoms with van der Waals surface area (Å²) in [6.07, 6.45) is 11.4. The van der Waals surface area contributed by atoms with E-state index in [0.717, 1.165) is 44.4 Å². The van der Waals surface area contributed by atoms with Crippen molar-refractivity contribution in [1.82, 2.24) is 0 Å². The lowest BCUT2D eigenvalue weighted by molar-refractivity contribution is -0.148. The molecule has 0 aliphatic carbocycles. The molecule has 8 heteroatoms. The molecule has 0 spiro atoms. The lowest BCUT2D eigenvalue weighted by Crippen LogP contribution is -2.43. The van der Waals surface area contributed by atoms with Gasteiger partial charge in [-0.2, -0.15) is 0 Å². The van der Waals surface area contributed by atoms with Gasteiger partial charge >= 0.3 is 17.9 Å². The van der Waals surface area contributed by atoms with Gasteiger partial charge in [-0.25, -0.2) is 0 Å². The van der Waals surface area contributed by atoms with Crippen molar-refractivity contribution in [2.75, 3.05) is 19.8 Å². The van der Waals surface area contributed by atoms with E-state index in [1.54, 1.807) is 0 Å². The highest BCUT2D eigenvalue weighted by atomic mass is 16.5. The van der Waals surface area contributed by atoms with E-state index in [0.29, 0.717) is 46.9 Å². The molecular weight excluding hydrogens is 749 g/mol. The fourth-order valence-corrected chi connectivity index (χ4v) is 5.24. The predicted molar refractivity (Wildman–Crippen MR) is 262 cm³/mol. The van der Waals surface area contributed by atoms with Crippen LogP contribution in [-0.2, 0) is 28.6 Å². The van der Waals surface area contributed by atoms with Gasteiger partial charge in [0.1, 0.15) is 12.1 Å². The SMILES string of the molecule is CC(C)(C)CCCOC(=O)C(N)C(C)(C)C.CC(C)C(=O)OCCCC(C)(C)C.CC(C)C(N)C(=O)OCCCC(C)(C)C.CC(C)CC(C)(C)C.CCCCC(C)(C)C. The Bertz CT molecular complexity index is 1060. The van der Waals surface area contributed by atoms with Crippen LogP contribution in [0.15, 0.2) is 0 Å². The Morgan fingerprint density at radius 2 is 0.750 bits per heavy atom. The van der Waals surface area contributed by atoms with Crippen molar-refractivity contribution < 1.29 is 28.6 Å². The van der Waals surface area contributed by atoms with Crippen LogP contribution in [0.5, 0.6) is 0 Å². The first-order valence-electron chi connectivity index (χ1n) is 23.6. The van der Waals surface area contributed by atoms with Crippen LogP contribution in [-0.4, -0.2) is 49.8 Å². The summed E-state index contributed by atoms with van der Waals surface area (Å²) in [6, 6.07) is -1.03. The summed E-state index contributed by atoms with van der Waals surface area (Å²) in [5, 5.41) is 0. The molecule has 0 saturated carbocycles. The summed E-state index contributed by atoms with van der Waals surface area (Å²) in [5.41, 5.74) is 13.2. The van der Waals surface area contributed by atoms with E-state index in [2.05, 4.69) is 125 Å². The Balaban J connectivity index is -0.000000216. The molecule has 0 amide bonds. The topological polar surface area (TPSA) is 131 Å². The number of hydrogen-bond donors (Lipinski definition) is 2. The summed E-state index contributed by atoms with van der Waals surface area (Å²) >= 11 is 0. The van der Waals surface area contributed by atoms with Crippen molar-refractivity contribution >= 4 is 17.9 Å². The van der Waals surface area contributed by atoms with E-state index in [-0.39, 0.29) is 35.2 Å². The molecule has 0 rings (SSSR count). The van der Waals surface area contributed by atoms with Gasteiger partial charge in [-0.15, -0.1) is 0 Å². The molecule has 0 aromatic heterocycles. The van der Waals surface area contributed by atoms with Crippen LogP contribution in [0.25, 0.3) is 0 Å². The third-order valence-electron chi connectivity index (χ3n) is 8.90. The Labute approximate surface area is 376 Å². The first kappa shape index (κ1) is 67.4. The summed E-state index contributed by atoms with van der Waals surface area (Å²) in [5.74, 6) is 0.319. The third-order valence-corrected chi connectivity index (χ3v) is 8.90. The number of esters is 3. The number of carbonyl (C=O) groups is 3. The molecule has 2 unspecified atom stereocenters. The third kappa shape index (κ3) is 58.4. The van der Waals surface area contributed by atoms with Crippen LogP contribution in [0.4, 0.5) is 0 Å². The van der Waals surface area contributed by atoms with E-state index >= 15 is 0 Å². The van der Waals surface area contributed by atoms with Crippen LogP contribution < -0.4 is 11.5 Å². The molecule has 0 aromatic rings. The minimum Gasteiger partial charge on any atom is -0.465 e.